The molecule has 0 bridgehead atoms. The highest BCUT2D eigenvalue weighted by Crippen LogP contribution is 2.36. The first-order valence-corrected chi connectivity index (χ1v) is 9.75. The van der Waals surface area contributed by atoms with Gasteiger partial charge < -0.3 is 21.4 Å². The lowest BCUT2D eigenvalue weighted by atomic mass is 10.0. The molecule has 0 aliphatic heterocycles. The number of nitrogens with two attached hydrogens (primary N) is 2. The van der Waals surface area contributed by atoms with Crippen LogP contribution in [-0.4, -0.2) is 29.6 Å². The van der Waals surface area contributed by atoms with Crippen LogP contribution >= 0.6 is 11.3 Å². The zero-order valence-electron chi connectivity index (χ0n) is 17.1. The average Bonchev–Trinajstić information content (AvgIpc) is 3.13. The van der Waals surface area contributed by atoms with Crippen LogP contribution in [-0.2, 0) is 4.79 Å². The fourth-order valence-electron chi connectivity index (χ4n) is 2.24. The van der Waals surface area contributed by atoms with Crippen LogP contribution in [0.1, 0.15) is 22.8 Å². The Hall–Kier alpha value is -3.59. The summed E-state index contributed by atoms with van der Waals surface area (Å²) in [6, 6.07) is 2.39. The third-order valence-corrected chi connectivity index (χ3v) is 4.83. The normalized spacial score (nSPS) is 12.4. The predicted molar refractivity (Wildman–Crippen MR) is 121 cm³/mol. The number of thiophene rings is 1. The number of benzene rings is 1. The molecule has 1 aromatic heterocycles. The van der Waals surface area contributed by atoms with Gasteiger partial charge in [0.1, 0.15) is 22.9 Å². The average molecular weight is 448 g/mol. The van der Waals surface area contributed by atoms with Gasteiger partial charge in [-0.3, -0.25) is 4.99 Å². The van der Waals surface area contributed by atoms with Gasteiger partial charge in [-0.05, 0) is 25.5 Å². The van der Waals surface area contributed by atoms with E-state index in [2.05, 4.69) is 18.2 Å². The van der Waals surface area contributed by atoms with Crippen LogP contribution in [0.5, 0.6) is 0 Å². The van der Waals surface area contributed by atoms with Crippen molar-refractivity contribution in [3.8, 4) is 11.1 Å². The van der Waals surface area contributed by atoms with Gasteiger partial charge in [0, 0.05) is 34.0 Å². The van der Waals surface area contributed by atoms with Crippen molar-refractivity contribution in [3.05, 3.63) is 76.9 Å². The molecule has 1 atom stereocenters. The van der Waals surface area contributed by atoms with Gasteiger partial charge in [-0.1, -0.05) is 31.4 Å². The maximum absolute atomic E-state index is 13.8. The van der Waals surface area contributed by atoms with Crippen molar-refractivity contribution in [1.82, 2.24) is 0 Å². The molecule has 31 heavy (non-hydrogen) atoms. The van der Waals surface area contributed by atoms with Crippen molar-refractivity contribution in [2.24, 2.45) is 10.7 Å². The van der Waals surface area contributed by atoms with E-state index < -0.39 is 17.6 Å². The molecule has 0 aliphatic carbocycles. The molecule has 0 fully saturated rings. The second-order valence-corrected chi connectivity index (χ2v) is 7.14. The fourth-order valence-corrected chi connectivity index (χ4v) is 3.05. The number of aliphatic imine (C=N–C) groups is 1. The molecule has 1 aromatic carbocycles. The molecule has 0 aliphatic rings. The Morgan fingerprint density at radius 1 is 1.23 bits per heavy atom. The molecule has 0 saturated heterocycles. The summed E-state index contributed by atoms with van der Waals surface area (Å²) in [6.07, 6.45) is 5.34. The van der Waals surface area contributed by atoms with Gasteiger partial charge in [-0.25, -0.2) is 13.6 Å². The fraction of sp³-hybridized carbons (Fsp3) is 0.136. The molecule has 1 unspecified atom stereocenters. The molecule has 5 N–H and O–H groups in total. The summed E-state index contributed by atoms with van der Waals surface area (Å²) in [6.45, 7) is 10.2. The van der Waals surface area contributed by atoms with Gasteiger partial charge in [0.2, 0.25) is 0 Å². The third-order valence-electron chi connectivity index (χ3n) is 4.02. The number of halogens is 2. The van der Waals surface area contributed by atoms with Gasteiger partial charge in [0.25, 0.3) is 0 Å². The summed E-state index contributed by atoms with van der Waals surface area (Å²) in [5.41, 5.74) is 12.2. The number of rotatable bonds is 7. The van der Waals surface area contributed by atoms with Gasteiger partial charge >= 0.3 is 5.97 Å². The number of hydrogen-bond donors (Lipinski definition) is 3. The summed E-state index contributed by atoms with van der Waals surface area (Å²) in [7, 11) is 0. The first-order chi connectivity index (χ1) is 14.6. The number of carboxylic acid groups (broad SMARTS) is 1. The van der Waals surface area contributed by atoms with Crippen LogP contribution in [0, 0.1) is 18.6 Å². The molecule has 164 valence electrons. The van der Waals surface area contributed by atoms with Gasteiger partial charge in [0.15, 0.2) is 11.6 Å². The Bertz CT molecular complexity index is 1060. The predicted octanol–water partition coefficient (Wildman–Crippen LogP) is 4.51. The number of allylic oxidation sites excluding steroid dienone is 3. The van der Waals surface area contributed by atoms with Crippen LogP contribution in [0.2, 0.25) is 0 Å². The molecule has 9 heteroatoms. The number of aromatic carboxylic acids is 1. The van der Waals surface area contributed by atoms with Gasteiger partial charge in [-0.15, -0.1) is 11.3 Å². The molecule has 2 aromatic rings. The minimum Gasteiger partial charge on any atom is -0.478 e. The summed E-state index contributed by atoms with van der Waals surface area (Å²) in [5, 5.41) is 10.5. The third kappa shape index (κ3) is 6.45. The van der Waals surface area contributed by atoms with Crippen LogP contribution in [0.3, 0.4) is 0 Å². The lowest BCUT2D eigenvalue weighted by Gasteiger charge is -2.06. The number of hydrogen-bond acceptors (Lipinski definition) is 6. The van der Waals surface area contributed by atoms with E-state index in [-0.39, 0.29) is 33.3 Å². The highest BCUT2D eigenvalue weighted by atomic mass is 32.1. The lowest BCUT2D eigenvalue weighted by molar-refractivity contribution is -0.108. The largest absolute Gasteiger partial charge is 0.478 e. The highest BCUT2D eigenvalue weighted by Gasteiger charge is 2.22. The van der Waals surface area contributed by atoms with E-state index >= 15 is 0 Å². The molecule has 2 rings (SSSR count). The molecular formula is C22H23F2N3O3S. The zero-order valence-corrected chi connectivity index (χ0v) is 17.9. The topological polar surface area (TPSA) is 119 Å². The molecule has 0 radical (unpaired) electrons. The van der Waals surface area contributed by atoms with Crippen LogP contribution in [0.15, 0.2) is 59.1 Å². The second kappa shape index (κ2) is 11.6. The molecule has 0 spiro atoms. The number of carbonyl (C=O) groups excluding carboxylic acids is 1. The summed E-state index contributed by atoms with van der Waals surface area (Å²) >= 11 is 0.981. The van der Waals surface area contributed by atoms with E-state index in [0.717, 1.165) is 17.6 Å². The van der Waals surface area contributed by atoms with Gasteiger partial charge in [-0.2, -0.15) is 0 Å². The SMILES string of the molecule is C=C/C(N)=C(\C=C)C=NC(C)C=O.Cc1ccc(-c2csc(N)c2C(=O)O)c(F)c1F. The number of carboxylic acids is 1. The number of nitrogen functional groups attached to an aromatic ring is 1. The standard InChI is InChI=1S/C12H9F2NO2S.C10H14N2O/c1-5-2-3-6(10(14)9(5)13)7-4-18-11(15)8(7)12(16)17;1-4-9(10(11)5-2)6-12-8(3)7-13/h2-4H,15H2,1H3,(H,16,17);4-8H,1-2,11H2,3H3/b;10-9-,12-6?. The van der Waals surface area contributed by atoms with E-state index in [0.29, 0.717) is 11.3 Å². The molecule has 0 saturated carbocycles. The first kappa shape index (κ1) is 25.4. The smallest absolute Gasteiger partial charge is 0.339 e. The zero-order chi connectivity index (χ0) is 23.7. The van der Waals surface area contributed by atoms with E-state index in [1.54, 1.807) is 13.0 Å². The summed E-state index contributed by atoms with van der Waals surface area (Å²) < 4.78 is 27.3. The minimum atomic E-state index is -1.26. The van der Waals surface area contributed by atoms with E-state index in [1.807, 2.05) is 0 Å². The molecule has 0 amide bonds. The Kier molecular flexibility index (Phi) is 9.49. The maximum atomic E-state index is 13.8. The Morgan fingerprint density at radius 2 is 1.87 bits per heavy atom. The van der Waals surface area contributed by atoms with Crippen molar-refractivity contribution in [2.45, 2.75) is 19.9 Å². The van der Waals surface area contributed by atoms with Crippen LogP contribution < -0.4 is 11.5 Å². The molecule has 6 nitrogen and oxygen atoms in total. The quantitative estimate of drug-likeness (QED) is 0.328. The number of aryl methyl sites for hydroxylation is 1. The van der Waals surface area contributed by atoms with E-state index in [9.17, 15) is 18.4 Å². The Morgan fingerprint density at radius 3 is 2.39 bits per heavy atom. The number of carbonyl (C=O) groups is 2. The Balaban J connectivity index is 0.000000330. The minimum absolute atomic E-state index is 0.0675. The van der Waals surface area contributed by atoms with Crippen molar-refractivity contribution >= 4 is 34.8 Å². The first-order valence-electron chi connectivity index (χ1n) is 8.87. The van der Waals surface area contributed by atoms with Gasteiger partial charge in [0.05, 0.1) is 0 Å². The van der Waals surface area contributed by atoms with Crippen molar-refractivity contribution in [2.75, 3.05) is 5.73 Å². The molecular weight excluding hydrogens is 424 g/mol. The molecule has 1 heterocycles. The van der Waals surface area contributed by atoms with Crippen molar-refractivity contribution < 1.29 is 23.5 Å². The second-order valence-electron chi connectivity index (χ2n) is 6.23. The summed E-state index contributed by atoms with van der Waals surface area (Å²) in [5.74, 6) is -3.30. The summed E-state index contributed by atoms with van der Waals surface area (Å²) in [4.78, 5) is 25.2. The number of aldehydes is 1. The monoisotopic (exact) mass is 447 g/mol. The van der Waals surface area contributed by atoms with E-state index in [1.165, 1.54) is 36.7 Å². The number of anilines is 1. The van der Waals surface area contributed by atoms with Crippen LogP contribution in [0.25, 0.3) is 11.1 Å². The maximum Gasteiger partial charge on any atom is 0.339 e. The Labute approximate surface area is 182 Å². The highest BCUT2D eigenvalue weighted by molar-refractivity contribution is 7.14. The van der Waals surface area contributed by atoms with Crippen LogP contribution in [0.4, 0.5) is 13.8 Å². The number of nitrogens with zero attached hydrogens (tertiary/aromatic N) is 1. The van der Waals surface area contributed by atoms with Crippen molar-refractivity contribution in [3.63, 3.8) is 0 Å². The van der Waals surface area contributed by atoms with E-state index in [4.69, 9.17) is 16.6 Å². The van der Waals surface area contributed by atoms with Crippen molar-refractivity contribution in [1.29, 1.82) is 0 Å². The lowest BCUT2D eigenvalue weighted by Crippen LogP contribution is -2.02.